The maximum Gasteiger partial charge on any atom is 0.222 e. The molecule has 0 spiro atoms. The van der Waals surface area contributed by atoms with Crippen molar-refractivity contribution in [2.45, 2.75) is 72.3 Å². The third-order valence-electron chi connectivity index (χ3n) is 4.01. The summed E-state index contributed by atoms with van der Waals surface area (Å²) in [4.78, 5) is 14.1. The van der Waals surface area contributed by atoms with E-state index in [0.29, 0.717) is 12.3 Å². The van der Waals surface area contributed by atoms with Crippen molar-refractivity contribution < 1.29 is 4.79 Å². The van der Waals surface area contributed by atoms with E-state index in [9.17, 15) is 4.79 Å². The lowest BCUT2D eigenvalue weighted by Crippen LogP contribution is -2.46. The molecule has 0 bridgehead atoms. The van der Waals surface area contributed by atoms with Crippen molar-refractivity contribution in [3.8, 4) is 0 Å². The summed E-state index contributed by atoms with van der Waals surface area (Å²) in [6.45, 7) is 11.5. The van der Waals surface area contributed by atoms with Crippen molar-refractivity contribution >= 4 is 5.91 Å². The number of hydrogen-bond donors (Lipinski definition) is 0. The molecule has 2 atom stereocenters. The van der Waals surface area contributed by atoms with Crippen molar-refractivity contribution in [1.82, 2.24) is 4.90 Å². The highest BCUT2D eigenvalue weighted by Gasteiger charge is 2.40. The van der Waals surface area contributed by atoms with Gasteiger partial charge in [-0.25, -0.2) is 0 Å². The fourth-order valence-corrected chi connectivity index (χ4v) is 2.66. The van der Waals surface area contributed by atoms with E-state index < -0.39 is 0 Å². The standard InChI is InChI=1S/C17H31NO/c1-6-8-9-10-11-14-12-15(14)13-18(16(19)7-2)17(3,4)5/h8-9,14-15H,6-7,10-13H2,1-5H3/b9-8-/t14-,15-/m0/s1. The van der Waals surface area contributed by atoms with E-state index in [1.165, 1.54) is 19.3 Å². The topological polar surface area (TPSA) is 20.3 Å². The lowest BCUT2D eigenvalue weighted by molar-refractivity contribution is -0.136. The van der Waals surface area contributed by atoms with Crippen LogP contribution in [-0.4, -0.2) is 22.9 Å². The molecule has 0 aromatic heterocycles. The van der Waals surface area contributed by atoms with Crippen LogP contribution in [0.2, 0.25) is 0 Å². The zero-order valence-corrected chi connectivity index (χ0v) is 13.4. The van der Waals surface area contributed by atoms with E-state index in [1.54, 1.807) is 0 Å². The van der Waals surface area contributed by atoms with Crippen LogP contribution in [0.1, 0.15) is 66.7 Å². The Morgan fingerprint density at radius 3 is 2.42 bits per heavy atom. The normalized spacial score (nSPS) is 22.8. The number of carbonyl (C=O) groups is 1. The van der Waals surface area contributed by atoms with Gasteiger partial charge in [-0.15, -0.1) is 0 Å². The molecule has 0 unspecified atom stereocenters. The van der Waals surface area contributed by atoms with Crippen LogP contribution in [0, 0.1) is 11.8 Å². The van der Waals surface area contributed by atoms with Crippen molar-refractivity contribution in [2.24, 2.45) is 11.8 Å². The van der Waals surface area contributed by atoms with Gasteiger partial charge in [-0.2, -0.15) is 0 Å². The number of allylic oxidation sites excluding steroid dienone is 2. The first-order chi connectivity index (χ1) is 8.90. The summed E-state index contributed by atoms with van der Waals surface area (Å²) >= 11 is 0. The molecule has 0 aromatic carbocycles. The number of carbonyl (C=O) groups excluding carboxylic acids is 1. The molecule has 1 aliphatic rings. The van der Waals surface area contributed by atoms with Crippen molar-refractivity contribution in [1.29, 1.82) is 0 Å². The predicted octanol–water partition coefficient (Wildman–Crippen LogP) is 4.41. The Kier molecular flexibility index (Phi) is 6.09. The first kappa shape index (κ1) is 16.3. The third kappa shape index (κ3) is 5.38. The van der Waals surface area contributed by atoms with Gasteiger partial charge in [-0.1, -0.05) is 26.0 Å². The molecule has 1 rings (SSSR count). The van der Waals surface area contributed by atoms with Crippen molar-refractivity contribution in [3.05, 3.63) is 12.2 Å². The van der Waals surface area contributed by atoms with Gasteiger partial charge in [0.1, 0.15) is 0 Å². The van der Waals surface area contributed by atoms with Gasteiger partial charge in [0, 0.05) is 18.5 Å². The van der Waals surface area contributed by atoms with Crippen LogP contribution in [0.3, 0.4) is 0 Å². The minimum atomic E-state index is -0.0393. The van der Waals surface area contributed by atoms with Crippen LogP contribution < -0.4 is 0 Å². The highest BCUT2D eigenvalue weighted by molar-refractivity contribution is 5.76. The molecular formula is C17H31NO. The second-order valence-electron chi connectivity index (χ2n) is 6.74. The molecule has 0 aromatic rings. The molecule has 2 nitrogen and oxygen atoms in total. The van der Waals surface area contributed by atoms with Crippen LogP contribution in [0.4, 0.5) is 0 Å². The summed E-state index contributed by atoms with van der Waals surface area (Å²) in [5.74, 6) is 1.88. The SMILES string of the molecule is CC/C=C\CC[C@H]1C[C@H]1CN(C(=O)CC)C(C)(C)C. The first-order valence-electron chi connectivity index (χ1n) is 7.85. The number of rotatable bonds is 7. The van der Waals surface area contributed by atoms with Gasteiger partial charge >= 0.3 is 0 Å². The molecule has 0 N–H and O–H groups in total. The molecule has 19 heavy (non-hydrogen) atoms. The molecular weight excluding hydrogens is 234 g/mol. The summed E-state index contributed by atoms with van der Waals surface area (Å²) < 4.78 is 0. The quantitative estimate of drug-likeness (QED) is 0.625. The minimum absolute atomic E-state index is 0.0393. The van der Waals surface area contributed by atoms with E-state index >= 15 is 0 Å². The molecule has 0 heterocycles. The van der Waals surface area contributed by atoms with Gasteiger partial charge in [0.15, 0.2) is 0 Å². The Labute approximate surface area is 119 Å². The van der Waals surface area contributed by atoms with E-state index in [4.69, 9.17) is 0 Å². The van der Waals surface area contributed by atoms with Crippen molar-refractivity contribution in [2.75, 3.05) is 6.54 Å². The van der Waals surface area contributed by atoms with Crippen LogP contribution >= 0.6 is 0 Å². The average molecular weight is 265 g/mol. The Morgan fingerprint density at radius 2 is 1.89 bits per heavy atom. The Hall–Kier alpha value is -0.790. The summed E-state index contributed by atoms with van der Waals surface area (Å²) in [6.07, 6.45) is 10.1. The monoisotopic (exact) mass is 265 g/mol. The predicted molar refractivity (Wildman–Crippen MR) is 82.0 cm³/mol. The number of amides is 1. The molecule has 1 amide bonds. The maximum absolute atomic E-state index is 12.0. The number of hydrogen-bond acceptors (Lipinski definition) is 1. The highest BCUT2D eigenvalue weighted by Crippen LogP contribution is 2.43. The fourth-order valence-electron chi connectivity index (χ4n) is 2.66. The third-order valence-corrected chi connectivity index (χ3v) is 4.01. The fraction of sp³-hybridized carbons (Fsp3) is 0.824. The van der Waals surface area contributed by atoms with Crippen LogP contribution in [0.25, 0.3) is 0 Å². The largest absolute Gasteiger partial charge is 0.338 e. The molecule has 1 fully saturated rings. The van der Waals surface area contributed by atoms with Crippen LogP contribution in [0.5, 0.6) is 0 Å². The number of nitrogens with zero attached hydrogens (tertiary/aromatic N) is 1. The van der Waals surface area contributed by atoms with Gasteiger partial charge in [0.05, 0.1) is 0 Å². The van der Waals surface area contributed by atoms with Gasteiger partial charge in [-0.05, 0) is 58.3 Å². The highest BCUT2D eigenvalue weighted by atomic mass is 16.2. The zero-order valence-electron chi connectivity index (χ0n) is 13.4. The zero-order chi connectivity index (χ0) is 14.5. The summed E-state index contributed by atoms with van der Waals surface area (Å²) in [7, 11) is 0. The molecule has 1 saturated carbocycles. The molecule has 110 valence electrons. The lowest BCUT2D eigenvalue weighted by Gasteiger charge is -2.36. The second-order valence-corrected chi connectivity index (χ2v) is 6.74. The van der Waals surface area contributed by atoms with Gasteiger partial charge in [0.25, 0.3) is 0 Å². The van der Waals surface area contributed by atoms with E-state index in [0.717, 1.165) is 24.8 Å². The Bertz CT molecular complexity index is 314. The molecule has 2 heteroatoms. The van der Waals surface area contributed by atoms with Crippen LogP contribution in [0.15, 0.2) is 12.2 Å². The van der Waals surface area contributed by atoms with Gasteiger partial charge < -0.3 is 4.90 Å². The van der Waals surface area contributed by atoms with E-state index in [2.05, 4.69) is 44.7 Å². The Morgan fingerprint density at radius 1 is 1.21 bits per heavy atom. The molecule has 0 radical (unpaired) electrons. The lowest BCUT2D eigenvalue weighted by atomic mass is 10.0. The smallest absolute Gasteiger partial charge is 0.222 e. The minimum Gasteiger partial charge on any atom is -0.338 e. The summed E-state index contributed by atoms with van der Waals surface area (Å²) in [5.41, 5.74) is -0.0393. The van der Waals surface area contributed by atoms with Crippen molar-refractivity contribution in [3.63, 3.8) is 0 Å². The summed E-state index contributed by atoms with van der Waals surface area (Å²) in [5, 5.41) is 0. The van der Waals surface area contributed by atoms with Gasteiger partial charge in [-0.3, -0.25) is 4.79 Å². The molecule has 0 aliphatic heterocycles. The van der Waals surface area contributed by atoms with Crippen LogP contribution in [-0.2, 0) is 4.79 Å². The van der Waals surface area contributed by atoms with Gasteiger partial charge in [0.2, 0.25) is 5.91 Å². The average Bonchev–Trinajstić information content (AvgIpc) is 3.08. The first-order valence-corrected chi connectivity index (χ1v) is 7.85. The molecule has 1 aliphatic carbocycles. The summed E-state index contributed by atoms with van der Waals surface area (Å²) in [6, 6.07) is 0. The second kappa shape index (κ2) is 7.12. The Balaban J connectivity index is 2.38. The van der Waals surface area contributed by atoms with E-state index in [-0.39, 0.29) is 5.54 Å². The maximum atomic E-state index is 12.0. The van der Waals surface area contributed by atoms with E-state index in [1.807, 2.05) is 6.92 Å². The molecule has 0 saturated heterocycles.